The fourth-order valence-electron chi connectivity index (χ4n) is 1.43. The van der Waals surface area contributed by atoms with Crippen LogP contribution in [0.1, 0.15) is 24.5 Å². The smallest absolute Gasteiger partial charge is 0.323 e. The van der Waals surface area contributed by atoms with Gasteiger partial charge in [-0.1, -0.05) is 0 Å². The van der Waals surface area contributed by atoms with Crippen molar-refractivity contribution >= 4 is 5.97 Å². The third-order valence-electron chi connectivity index (χ3n) is 2.27. The van der Waals surface area contributed by atoms with E-state index >= 15 is 0 Å². The quantitative estimate of drug-likeness (QED) is 0.767. The summed E-state index contributed by atoms with van der Waals surface area (Å²) in [5, 5.41) is 11.9. The van der Waals surface area contributed by atoms with Gasteiger partial charge in [-0.15, -0.1) is 0 Å². The molecule has 90 valence electrons. The number of hydrogen-bond donors (Lipinski definition) is 2. The van der Waals surface area contributed by atoms with E-state index in [2.05, 4.69) is 5.32 Å². The molecule has 0 saturated carbocycles. The number of hydrogen-bond acceptors (Lipinski definition) is 4. The van der Waals surface area contributed by atoms with Crippen molar-refractivity contribution in [3.8, 4) is 0 Å². The van der Waals surface area contributed by atoms with Gasteiger partial charge in [-0.05, 0) is 26.0 Å². The van der Waals surface area contributed by atoms with E-state index in [1.807, 2.05) is 26.0 Å². The molecule has 16 heavy (non-hydrogen) atoms. The molecule has 1 rings (SSSR count). The van der Waals surface area contributed by atoms with Crippen LogP contribution in [-0.4, -0.2) is 30.8 Å². The van der Waals surface area contributed by atoms with Gasteiger partial charge in [0, 0.05) is 7.11 Å². The lowest BCUT2D eigenvalue weighted by Crippen LogP contribution is -2.41. The first kappa shape index (κ1) is 12.7. The topological polar surface area (TPSA) is 71.7 Å². The highest BCUT2D eigenvalue weighted by Crippen LogP contribution is 2.16. The number of carbonyl (C=O) groups is 1. The predicted octanol–water partition coefficient (Wildman–Crippen LogP) is 1.34. The molecule has 2 atom stereocenters. The molecule has 2 unspecified atom stereocenters. The maximum absolute atomic E-state index is 10.9. The van der Waals surface area contributed by atoms with Crippen LogP contribution in [0.25, 0.3) is 0 Å². The van der Waals surface area contributed by atoms with E-state index in [0.717, 1.165) is 11.5 Å². The van der Waals surface area contributed by atoms with Gasteiger partial charge in [0.25, 0.3) is 0 Å². The van der Waals surface area contributed by atoms with Gasteiger partial charge in [0.05, 0.1) is 12.6 Å². The van der Waals surface area contributed by atoms with Crippen LogP contribution in [0.15, 0.2) is 16.5 Å². The molecule has 1 aromatic rings. The van der Waals surface area contributed by atoms with Gasteiger partial charge >= 0.3 is 5.97 Å². The summed E-state index contributed by atoms with van der Waals surface area (Å²) in [6.45, 7) is 3.82. The van der Waals surface area contributed by atoms with Crippen LogP contribution >= 0.6 is 0 Å². The van der Waals surface area contributed by atoms with E-state index < -0.39 is 12.0 Å². The molecule has 0 fully saturated rings. The molecule has 0 radical (unpaired) electrons. The average Bonchev–Trinajstić information content (AvgIpc) is 2.64. The van der Waals surface area contributed by atoms with E-state index in [-0.39, 0.29) is 12.6 Å². The van der Waals surface area contributed by atoms with E-state index in [1.165, 1.54) is 7.11 Å². The molecule has 5 heteroatoms. The van der Waals surface area contributed by atoms with Crippen LogP contribution in [0.5, 0.6) is 0 Å². The fourth-order valence-corrected chi connectivity index (χ4v) is 1.43. The summed E-state index contributed by atoms with van der Waals surface area (Å²) < 4.78 is 10.2. The Kier molecular flexibility index (Phi) is 4.52. The summed E-state index contributed by atoms with van der Waals surface area (Å²) in [6.07, 6.45) is 0. The number of ether oxygens (including phenoxy) is 1. The van der Waals surface area contributed by atoms with Crippen molar-refractivity contribution in [1.29, 1.82) is 0 Å². The minimum Gasteiger partial charge on any atom is -0.480 e. The lowest BCUT2D eigenvalue weighted by atomic mass is 10.2. The van der Waals surface area contributed by atoms with Gasteiger partial charge in [0.2, 0.25) is 0 Å². The molecule has 0 aliphatic rings. The highest BCUT2D eigenvalue weighted by Gasteiger charge is 2.21. The van der Waals surface area contributed by atoms with Gasteiger partial charge in [-0.3, -0.25) is 10.1 Å². The largest absolute Gasteiger partial charge is 0.480 e. The number of furan rings is 1. The van der Waals surface area contributed by atoms with Crippen LogP contribution in [-0.2, 0) is 9.53 Å². The van der Waals surface area contributed by atoms with Gasteiger partial charge in [-0.25, -0.2) is 0 Å². The maximum Gasteiger partial charge on any atom is 0.323 e. The van der Waals surface area contributed by atoms with E-state index in [0.29, 0.717) is 0 Å². The molecule has 0 bridgehead atoms. The second kappa shape index (κ2) is 5.67. The monoisotopic (exact) mass is 227 g/mol. The summed E-state index contributed by atoms with van der Waals surface area (Å²) >= 11 is 0. The molecule has 2 N–H and O–H groups in total. The molecule has 1 aromatic heterocycles. The van der Waals surface area contributed by atoms with Crippen molar-refractivity contribution in [2.75, 3.05) is 13.7 Å². The van der Waals surface area contributed by atoms with Crippen LogP contribution < -0.4 is 5.32 Å². The zero-order valence-corrected chi connectivity index (χ0v) is 9.69. The van der Waals surface area contributed by atoms with Crippen LogP contribution in [0, 0.1) is 6.92 Å². The molecule has 0 aliphatic carbocycles. The van der Waals surface area contributed by atoms with Crippen LogP contribution in [0.3, 0.4) is 0 Å². The molecular weight excluding hydrogens is 210 g/mol. The van der Waals surface area contributed by atoms with E-state index in [1.54, 1.807) is 0 Å². The zero-order valence-electron chi connectivity index (χ0n) is 9.69. The number of aryl methyl sites for hydroxylation is 1. The Morgan fingerprint density at radius 1 is 1.62 bits per heavy atom. The summed E-state index contributed by atoms with van der Waals surface area (Å²) in [6, 6.07) is 2.79. The van der Waals surface area contributed by atoms with Gasteiger partial charge in [0.1, 0.15) is 17.6 Å². The molecule has 0 saturated heterocycles. The first-order chi connectivity index (χ1) is 7.54. The van der Waals surface area contributed by atoms with Crippen molar-refractivity contribution < 1.29 is 19.1 Å². The Bertz CT molecular complexity index is 348. The third kappa shape index (κ3) is 3.36. The SMILES string of the molecule is COCC(NC(C)c1ccc(C)o1)C(=O)O. The van der Waals surface area contributed by atoms with Crippen LogP contribution in [0.2, 0.25) is 0 Å². The van der Waals surface area contributed by atoms with E-state index in [9.17, 15) is 4.79 Å². The summed E-state index contributed by atoms with van der Waals surface area (Å²) in [5.74, 6) is 0.596. The number of rotatable bonds is 6. The Morgan fingerprint density at radius 3 is 2.75 bits per heavy atom. The second-order valence-electron chi connectivity index (χ2n) is 3.68. The Balaban J connectivity index is 2.61. The molecule has 0 aromatic carbocycles. The van der Waals surface area contributed by atoms with Crippen molar-refractivity contribution in [2.45, 2.75) is 25.9 Å². The van der Waals surface area contributed by atoms with Gasteiger partial charge < -0.3 is 14.3 Å². The highest BCUT2D eigenvalue weighted by atomic mass is 16.5. The number of carboxylic acids is 1. The standard InChI is InChI=1S/C11H17NO4/c1-7-4-5-10(16-7)8(2)12-9(6-15-3)11(13)14/h4-5,8-9,12H,6H2,1-3H3,(H,13,14). The third-order valence-corrected chi connectivity index (χ3v) is 2.27. The minimum atomic E-state index is -0.933. The molecule has 0 aliphatic heterocycles. The molecule has 5 nitrogen and oxygen atoms in total. The van der Waals surface area contributed by atoms with Gasteiger partial charge in [-0.2, -0.15) is 0 Å². The Labute approximate surface area is 94.4 Å². The van der Waals surface area contributed by atoms with Crippen LogP contribution in [0.4, 0.5) is 0 Å². The lowest BCUT2D eigenvalue weighted by Gasteiger charge is -2.17. The lowest BCUT2D eigenvalue weighted by molar-refractivity contribution is -0.141. The van der Waals surface area contributed by atoms with E-state index in [4.69, 9.17) is 14.3 Å². The summed E-state index contributed by atoms with van der Waals surface area (Å²) in [5.41, 5.74) is 0. The second-order valence-corrected chi connectivity index (χ2v) is 3.68. The van der Waals surface area contributed by atoms with Crippen molar-refractivity contribution in [3.05, 3.63) is 23.7 Å². The number of nitrogens with one attached hydrogen (secondary N) is 1. The van der Waals surface area contributed by atoms with Crippen molar-refractivity contribution in [3.63, 3.8) is 0 Å². The van der Waals surface area contributed by atoms with Gasteiger partial charge in [0.15, 0.2) is 0 Å². The number of methoxy groups -OCH3 is 1. The Morgan fingerprint density at radius 2 is 2.31 bits per heavy atom. The molecule has 0 amide bonds. The van der Waals surface area contributed by atoms with Crippen molar-refractivity contribution in [1.82, 2.24) is 5.32 Å². The first-order valence-electron chi connectivity index (χ1n) is 5.08. The average molecular weight is 227 g/mol. The molecular formula is C11H17NO4. The van der Waals surface area contributed by atoms with Crippen molar-refractivity contribution in [2.24, 2.45) is 0 Å². The predicted molar refractivity (Wildman–Crippen MR) is 58.3 cm³/mol. The molecule has 0 spiro atoms. The normalized spacial score (nSPS) is 14.7. The molecule has 1 heterocycles. The summed E-state index contributed by atoms with van der Waals surface area (Å²) in [4.78, 5) is 10.9. The summed E-state index contributed by atoms with van der Waals surface area (Å²) in [7, 11) is 1.47. The fraction of sp³-hybridized carbons (Fsp3) is 0.545. The highest BCUT2D eigenvalue weighted by molar-refractivity contribution is 5.73. The number of carboxylic acid groups (broad SMARTS) is 1. The zero-order chi connectivity index (χ0) is 12.1. The Hall–Kier alpha value is -1.33. The maximum atomic E-state index is 10.9. The minimum absolute atomic E-state index is 0.124. The number of aliphatic carboxylic acids is 1. The first-order valence-corrected chi connectivity index (χ1v) is 5.08.